The summed E-state index contributed by atoms with van der Waals surface area (Å²) in [4.78, 5) is 24.3. The molecule has 29 heavy (non-hydrogen) atoms. The van der Waals surface area contributed by atoms with Gasteiger partial charge in [-0.25, -0.2) is 8.42 Å². The Bertz CT molecular complexity index is 953. The first-order chi connectivity index (χ1) is 13.7. The number of carbonyl (C=O) groups is 2. The molecule has 2 rings (SSSR count). The average Bonchev–Trinajstić information content (AvgIpc) is 2.70. The molecule has 2 amide bonds. The zero-order valence-corrected chi connectivity index (χ0v) is 17.9. The van der Waals surface area contributed by atoms with Crippen molar-refractivity contribution in [2.75, 3.05) is 11.1 Å². The van der Waals surface area contributed by atoms with Crippen molar-refractivity contribution in [3.8, 4) is 0 Å². The Hall–Kier alpha value is -2.67. The summed E-state index contributed by atoms with van der Waals surface area (Å²) >= 11 is 0. The van der Waals surface area contributed by atoms with E-state index in [0.717, 1.165) is 17.5 Å². The van der Waals surface area contributed by atoms with Gasteiger partial charge in [-0.05, 0) is 43.2 Å². The molecule has 156 valence electrons. The van der Waals surface area contributed by atoms with E-state index in [4.69, 9.17) is 0 Å². The van der Waals surface area contributed by atoms with Crippen molar-refractivity contribution in [1.29, 1.82) is 0 Å². The molecule has 1 unspecified atom stereocenters. The van der Waals surface area contributed by atoms with Crippen molar-refractivity contribution in [3.05, 3.63) is 59.7 Å². The van der Waals surface area contributed by atoms with Gasteiger partial charge in [0, 0.05) is 24.6 Å². The van der Waals surface area contributed by atoms with Gasteiger partial charge in [-0.1, -0.05) is 43.7 Å². The third-order valence-corrected chi connectivity index (χ3v) is 6.45. The van der Waals surface area contributed by atoms with Crippen molar-refractivity contribution in [2.45, 2.75) is 45.1 Å². The van der Waals surface area contributed by atoms with Gasteiger partial charge in [-0.3, -0.25) is 9.59 Å². The fourth-order valence-electron chi connectivity index (χ4n) is 2.59. The van der Waals surface area contributed by atoms with E-state index in [9.17, 15) is 18.0 Å². The smallest absolute Gasteiger partial charge is 0.227 e. The number of hydrogen-bond acceptors (Lipinski definition) is 4. The molecule has 1 atom stereocenters. The molecule has 0 aliphatic rings. The van der Waals surface area contributed by atoms with E-state index in [1.807, 2.05) is 26.8 Å². The lowest BCUT2D eigenvalue weighted by molar-refractivity contribution is -0.121. The van der Waals surface area contributed by atoms with Gasteiger partial charge < -0.3 is 10.6 Å². The molecule has 2 aromatic carbocycles. The molecule has 0 spiro atoms. The Balaban J connectivity index is 1.87. The number of nitrogens with one attached hydrogen (secondary N) is 2. The molecule has 2 aromatic rings. The lowest BCUT2D eigenvalue weighted by atomic mass is 10.1. The summed E-state index contributed by atoms with van der Waals surface area (Å²) in [5, 5.41) is 5.59. The topological polar surface area (TPSA) is 92.3 Å². The summed E-state index contributed by atoms with van der Waals surface area (Å²) in [5.74, 6) is -0.703. The zero-order valence-electron chi connectivity index (χ0n) is 17.1. The highest BCUT2D eigenvalue weighted by molar-refractivity contribution is 7.91. The summed E-state index contributed by atoms with van der Waals surface area (Å²) in [6.07, 6.45) is 0.647. The molecule has 0 aliphatic heterocycles. The predicted octanol–water partition coefficient (Wildman–Crippen LogP) is 3.46. The predicted molar refractivity (Wildman–Crippen MR) is 114 cm³/mol. The van der Waals surface area contributed by atoms with Crippen LogP contribution in [0.15, 0.2) is 53.4 Å². The molecule has 0 saturated heterocycles. The van der Waals surface area contributed by atoms with Crippen LogP contribution in [-0.4, -0.2) is 26.0 Å². The summed E-state index contributed by atoms with van der Waals surface area (Å²) in [6, 6.07) is 13.8. The van der Waals surface area contributed by atoms with Crippen LogP contribution in [0, 0.1) is 12.8 Å². The molecule has 6 nitrogen and oxygen atoms in total. The third kappa shape index (κ3) is 7.02. The van der Waals surface area contributed by atoms with Crippen LogP contribution in [-0.2, 0) is 26.0 Å². The number of aryl methyl sites for hydroxylation is 1. The number of carbonyl (C=O) groups excluding carboxylic acids is 2. The van der Waals surface area contributed by atoms with Gasteiger partial charge in [0.15, 0.2) is 9.84 Å². The Kier molecular flexibility index (Phi) is 7.96. The monoisotopic (exact) mass is 416 g/mol. The van der Waals surface area contributed by atoms with Crippen LogP contribution >= 0.6 is 0 Å². The van der Waals surface area contributed by atoms with E-state index in [2.05, 4.69) is 10.6 Å². The fraction of sp³-hybridized carbons (Fsp3) is 0.364. The molecule has 2 N–H and O–H groups in total. The Labute approximate surface area is 172 Å². The van der Waals surface area contributed by atoms with Gasteiger partial charge in [0.25, 0.3) is 0 Å². The molecule has 0 aromatic heterocycles. The van der Waals surface area contributed by atoms with Gasteiger partial charge in [-0.15, -0.1) is 0 Å². The minimum absolute atomic E-state index is 0.0463. The second-order valence-electron chi connectivity index (χ2n) is 7.16. The van der Waals surface area contributed by atoms with E-state index in [1.165, 1.54) is 0 Å². The van der Waals surface area contributed by atoms with Crippen molar-refractivity contribution in [1.82, 2.24) is 5.32 Å². The molecule has 0 aliphatic carbocycles. The van der Waals surface area contributed by atoms with Crippen LogP contribution in [0.25, 0.3) is 0 Å². The van der Waals surface area contributed by atoms with E-state index >= 15 is 0 Å². The Morgan fingerprint density at radius 1 is 1.07 bits per heavy atom. The number of anilines is 1. The Morgan fingerprint density at radius 2 is 1.76 bits per heavy atom. The number of hydrogen-bond donors (Lipinski definition) is 2. The number of benzene rings is 2. The highest BCUT2D eigenvalue weighted by Crippen LogP contribution is 2.14. The number of amides is 2. The van der Waals surface area contributed by atoms with E-state index in [0.29, 0.717) is 5.69 Å². The van der Waals surface area contributed by atoms with Crippen LogP contribution in [0.5, 0.6) is 0 Å². The van der Waals surface area contributed by atoms with E-state index in [-0.39, 0.29) is 41.3 Å². The number of sulfone groups is 1. The molecule has 7 heteroatoms. The van der Waals surface area contributed by atoms with Crippen molar-refractivity contribution in [3.63, 3.8) is 0 Å². The van der Waals surface area contributed by atoms with Crippen LogP contribution in [0.4, 0.5) is 5.69 Å². The minimum atomic E-state index is -3.49. The molecule has 0 radical (unpaired) electrons. The highest BCUT2D eigenvalue weighted by Gasteiger charge is 2.16. The summed E-state index contributed by atoms with van der Waals surface area (Å²) in [5.41, 5.74) is 2.47. The molecular formula is C22H28N2O4S. The van der Waals surface area contributed by atoms with Crippen LogP contribution in [0.3, 0.4) is 0 Å². The first kappa shape index (κ1) is 22.6. The van der Waals surface area contributed by atoms with Crippen LogP contribution in [0.1, 0.15) is 37.8 Å². The highest BCUT2D eigenvalue weighted by atomic mass is 32.2. The first-order valence-electron chi connectivity index (χ1n) is 9.67. The maximum Gasteiger partial charge on any atom is 0.227 e. The van der Waals surface area contributed by atoms with Gasteiger partial charge in [-0.2, -0.15) is 0 Å². The van der Waals surface area contributed by atoms with Crippen molar-refractivity contribution < 1.29 is 18.0 Å². The average molecular weight is 417 g/mol. The molecule has 0 bridgehead atoms. The van der Waals surface area contributed by atoms with Crippen molar-refractivity contribution >= 4 is 27.3 Å². The Morgan fingerprint density at radius 3 is 2.41 bits per heavy atom. The maximum absolute atomic E-state index is 12.3. The first-order valence-corrected chi connectivity index (χ1v) is 11.3. The van der Waals surface area contributed by atoms with Gasteiger partial charge in [0.1, 0.15) is 0 Å². The second-order valence-corrected chi connectivity index (χ2v) is 9.27. The zero-order chi connectivity index (χ0) is 21.4. The largest absolute Gasteiger partial charge is 0.352 e. The fourth-order valence-corrected chi connectivity index (χ4v) is 3.83. The van der Waals surface area contributed by atoms with Crippen LogP contribution < -0.4 is 10.6 Å². The summed E-state index contributed by atoms with van der Waals surface area (Å²) in [7, 11) is -3.49. The van der Waals surface area contributed by atoms with E-state index < -0.39 is 9.84 Å². The normalized spacial score (nSPS) is 12.2. The van der Waals surface area contributed by atoms with E-state index in [1.54, 1.807) is 42.5 Å². The molecule has 0 fully saturated rings. The van der Waals surface area contributed by atoms with Gasteiger partial charge >= 0.3 is 0 Å². The van der Waals surface area contributed by atoms with Crippen LogP contribution in [0.2, 0.25) is 0 Å². The SMILES string of the molecule is CCC(C)C(=O)Nc1cccc(CNC(=O)CCS(=O)(=O)c2ccc(C)cc2)c1. The molecule has 0 saturated carbocycles. The molecule has 0 heterocycles. The standard InChI is InChI=1S/C22H28N2O4S/c1-4-17(3)22(26)24-19-7-5-6-18(14-19)15-23-21(25)12-13-29(27,28)20-10-8-16(2)9-11-20/h5-11,14,17H,4,12-13,15H2,1-3H3,(H,23,25)(H,24,26). The third-order valence-electron chi connectivity index (χ3n) is 4.72. The van der Waals surface area contributed by atoms with Gasteiger partial charge in [0.05, 0.1) is 10.6 Å². The van der Waals surface area contributed by atoms with Crippen molar-refractivity contribution in [2.24, 2.45) is 5.92 Å². The summed E-state index contributed by atoms with van der Waals surface area (Å²) < 4.78 is 24.7. The lowest BCUT2D eigenvalue weighted by Crippen LogP contribution is -2.25. The lowest BCUT2D eigenvalue weighted by Gasteiger charge is -2.11. The second kappa shape index (κ2) is 10.2. The minimum Gasteiger partial charge on any atom is -0.352 e. The maximum atomic E-state index is 12.3. The summed E-state index contributed by atoms with van der Waals surface area (Å²) in [6.45, 7) is 5.96. The quantitative estimate of drug-likeness (QED) is 0.655. The molecular weight excluding hydrogens is 388 g/mol. The number of rotatable bonds is 9. The van der Waals surface area contributed by atoms with Gasteiger partial charge in [0.2, 0.25) is 11.8 Å².